The highest BCUT2D eigenvalue weighted by atomic mass is 16.1. The van der Waals surface area contributed by atoms with Crippen molar-refractivity contribution in [3.05, 3.63) is 11.6 Å². The van der Waals surface area contributed by atoms with Gasteiger partial charge >= 0.3 is 0 Å². The number of rotatable bonds is 2. The number of ketones is 1. The first-order valence-corrected chi connectivity index (χ1v) is 2.92. The molecule has 1 heteroatoms. The van der Waals surface area contributed by atoms with Crippen LogP contribution in [0, 0.1) is 12.3 Å². The molecule has 0 spiro atoms. The van der Waals surface area contributed by atoms with Gasteiger partial charge in [-0.15, -0.1) is 6.42 Å². The smallest absolute Gasteiger partial charge is 0.231 e. The summed E-state index contributed by atoms with van der Waals surface area (Å²) in [4.78, 5) is 10.7. The molecule has 0 aliphatic carbocycles. The minimum absolute atomic E-state index is 0.194. The summed E-state index contributed by atoms with van der Waals surface area (Å²) in [5.41, 5.74) is 0.720. The first kappa shape index (κ1) is 7.97. The highest BCUT2D eigenvalue weighted by Gasteiger charge is 1.99. The Labute approximate surface area is 55.8 Å². The van der Waals surface area contributed by atoms with Gasteiger partial charge in [0.05, 0.1) is 0 Å². The van der Waals surface area contributed by atoms with E-state index in [0.29, 0.717) is 0 Å². The average Bonchev–Trinajstić information content (AvgIpc) is 1.90. The molecule has 0 N–H and O–H groups in total. The molecule has 48 valence electrons. The van der Waals surface area contributed by atoms with Gasteiger partial charge in [0.1, 0.15) is 0 Å². The second-order valence-corrected chi connectivity index (χ2v) is 1.64. The number of allylic oxidation sites excluding steroid dienone is 2. The van der Waals surface area contributed by atoms with Crippen LogP contribution in [0.4, 0.5) is 0 Å². The Morgan fingerprint density at radius 1 is 1.78 bits per heavy atom. The molecule has 0 unspecified atom stereocenters. The Bertz CT molecular complexity index is 169. The van der Waals surface area contributed by atoms with Gasteiger partial charge in [-0.25, -0.2) is 0 Å². The fraction of sp³-hybridized carbons (Fsp3) is 0.375. The molecule has 0 rings (SSSR count). The van der Waals surface area contributed by atoms with Crippen molar-refractivity contribution in [3.8, 4) is 12.3 Å². The van der Waals surface area contributed by atoms with Crippen molar-refractivity contribution in [2.45, 2.75) is 20.3 Å². The Balaban J connectivity index is 4.19. The van der Waals surface area contributed by atoms with Crippen molar-refractivity contribution >= 4 is 5.78 Å². The van der Waals surface area contributed by atoms with E-state index in [4.69, 9.17) is 6.42 Å². The maximum atomic E-state index is 10.7. The zero-order valence-corrected chi connectivity index (χ0v) is 5.77. The predicted octanol–water partition coefficient (Wildman–Crippen LogP) is 1.54. The standard InChI is InChI=1S/C8H10O/c1-4-7(5-2)8(9)6-3/h3-4H,5H2,1-2H3. The quantitative estimate of drug-likeness (QED) is 0.308. The van der Waals surface area contributed by atoms with Crippen molar-refractivity contribution in [2.75, 3.05) is 0 Å². The van der Waals surface area contributed by atoms with Gasteiger partial charge in [-0.2, -0.15) is 0 Å². The van der Waals surface area contributed by atoms with E-state index in [1.165, 1.54) is 0 Å². The largest absolute Gasteiger partial charge is 0.280 e. The number of carbonyl (C=O) groups excluding carboxylic acids is 1. The summed E-state index contributed by atoms with van der Waals surface area (Å²) >= 11 is 0. The van der Waals surface area contributed by atoms with Gasteiger partial charge in [0, 0.05) is 5.57 Å². The molecule has 0 saturated carbocycles. The minimum atomic E-state index is -0.194. The molecule has 0 aliphatic heterocycles. The van der Waals surface area contributed by atoms with Crippen LogP contribution in [0.15, 0.2) is 11.6 Å². The van der Waals surface area contributed by atoms with Gasteiger partial charge < -0.3 is 0 Å². The lowest BCUT2D eigenvalue weighted by Gasteiger charge is -1.92. The van der Waals surface area contributed by atoms with E-state index in [-0.39, 0.29) is 5.78 Å². The average molecular weight is 122 g/mol. The molecule has 0 aromatic heterocycles. The predicted molar refractivity (Wildman–Crippen MR) is 37.9 cm³/mol. The van der Waals surface area contributed by atoms with Gasteiger partial charge in [-0.3, -0.25) is 4.79 Å². The molecule has 0 aromatic rings. The molecule has 0 atom stereocenters. The number of hydrogen-bond acceptors (Lipinski definition) is 1. The van der Waals surface area contributed by atoms with Crippen LogP contribution in [0.3, 0.4) is 0 Å². The van der Waals surface area contributed by atoms with E-state index < -0.39 is 0 Å². The maximum absolute atomic E-state index is 10.7. The lowest BCUT2D eigenvalue weighted by molar-refractivity contribution is -0.110. The van der Waals surface area contributed by atoms with Crippen molar-refractivity contribution in [1.29, 1.82) is 0 Å². The molecule has 0 aliphatic rings. The maximum Gasteiger partial charge on any atom is 0.231 e. The zero-order valence-electron chi connectivity index (χ0n) is 5.77. The Kier molecular flexibility index (Phi) is 3.46. The van der Waals surface area contributed by atoms with Crippen LogP contribution in [-0.4, -0.2) is 5.78 Å². The summed E-state index contributed by atoms with van der Waals surface area (Å²) in [7, 11) is 0. The van der Waals surface area contributed by atoms with Crippen LogP contribution in [0.5, 0.6) is 0 Å². The van der Waals surface area contributed by atoms with E-state index >= 15 is 0 Å². The van der Waals surface area contributed by atoms with Crippen LogP contribution in [0.1, 0.15) is 20.3 Å². The molecule has 9 heavy (non-hydrogen) atoms. The summed E-state index contributed by atoms with van der Waals surface area (Å²) in [5, 5.41) is 0. The highest BCUT2D eigenvalue weighted by Crippen LogP contribution is 1.99. The van der Waals surface area contributed by atoms with Crippen molar-refractivity contribution < 1.29 is 4.79 Å². The van der Waals surface area contributed by atoms with E-state index in [9.17, 15) is 4.79 Å². The van der Waals surface area contributed by atoms with Crippen molar-refractivity contribution in [2.24, 2.45) is 0 Å². The van der Waals surface area contributed by atoms with E-state index in [1.54, 1.807) is 6.08 Å². The SMILES string of the molecule is C#CC(=O)C(=CC)CC. The molecule has 0 saturated heterocycles. The van der Waals surface area contributed by atoms with E-state index in [2.05, 4.69) is 5.92 Å². The first-order valence-electron chi connectivity index (χ1n) is 2.92. The van der Waals surface area contributed by atoms with Gasteiger partial charge in [0.25, 0.3) is 0 Å². The van der Waals surface area contributed by atoms with E-state index in [0.717, 1.165) is 12.0 Å². The molecule has 0 fully saturated rings. The van der Waals surface area contributed by atoms with Crippen LogP contribution in [0.25, 0.3) is 0 Å². The third-order valence-corrected chi connectivity index (χ3v) is 1.15. The summed E-state index contributed by atoms with van der Waals surface area (Å²) in [6, 6.07) is 0. The fourth-order valence-electron chi connectivity index (χ4n) is 0.588. The van der Waals surface area contributed by atoms with Gasteiger partial charge in [-0.1, -0.05) is 13.0 Å². The highest BCUT2D eigenvalue weighted by molar-refractivity contribution is 6.07. The Hall–Kier alpha value is -1.03. The fourth-order valence-corrected chi connectivity index (χ4v) is 0.588. The van der Waals surface area contributed by atoms with Crippen molar-refractivity contribution in [1.82, 2.24) is 0 Å². The minimum Gasteiger partial charge on any atom is -0.280 e. The van der Waals surface area contributed by atoms with Gasteiger partial charge in [-0.05, 0) is 19.3 Å². The van der Waals surface area contributed by atoms with Gasteiger partial charge in [0.2, 0.25) is 5.78 Å². The number of terminal acetylenes is 1. The lowest BCUT2D eigenvalue weighted by atomic mass is 10.1. The zero-order chi connectivity index (χ0) is 7.28. The molecule has 1 nitrogen and oxygen atoms in total. The Morgan fingerprint density at radius 3 is 2.44 bits per heavy atom. The number of carbonyl (C=O) groups is 1. The summed E-state index contributed by atoms with van der Waals surface area (Å²) in [6.45, 7) is 3.72. The van der Waals surface area contributed by atoms with E-state index in [1.807, 2.05) is 13.8 Å². The summed E-state index contributed by atoms with van der Waals surface area (Å²) in [6.07, 6.45) is 7.36. The topological polar surface area (TPSA) is 17.1 Å². The summed E-state index contributed by atoms with van der Waals surface area (Å²) < 4.78 is 0. The molecule has 0 amide bonds. The molecule has 0 radical (unpaired) electrons. The third kappa shape index (κ3) is 2.14. The van der Waals surface area contributed by atoms with Gasteiger partial charge in [0.15, 0.2) is 0 Å². The van der Waals surface area contributed by atoms with Crippen molar-refractivity contribution in [3.63, 3.8) is 0 Å². The number of hydrogen-bond donors (Lipinski definition) is 0. The number of Topliss-reactive ketones (excluding diaryl/α,β-unsaturated/α-hetero) is 1. The Morgan fingerprint density at radius 2 is 2.33 bits per heavy atom. The lowest BCUT2D eigenvalue weighted by Crippen LogP contribution is -1.95. The molecule has 0 heterocycles. The molecular formula is C8H10O. The van der Waals surface area contributed by atoms with Crippen LogP contribution in [0.2, 0.25) is 0 Å². The van der Waals surface area contributed by atoms with Crippen LogP contribution in [-0.2, 0) is 4.79 Å². The molecule has 0 bridgehead atoms. The van der Waals surface area contributed by atoms with Crippen LogP contribution >= 0.6 is 0 Å². The summed E-state index contributed by atoms with van der Waals surface area (Å²) in [5.74, 6) is 1.87. The monoisotopic (exact) mass is 122 g/mol. The van der Waals surface area contributed by atoms with Crippen LogP contribution < -0.4 is 0 Å². The first-order chi connectivity index (χ1) is 4.26. The molecule has 0 aromatic carbocycles. The normalized spacial score (nSPS) is 10.6. The molecular weight excluding hydrogens is 112 g/mol. The second kappa shape index (κ2) is 3.91. The second-order valence-electron chi connectivity index (χ2n) is 1.64. The third-order valence-electron chi connectivity index (χ3n) is 1.15.